The van der Waals surface area contributed by atoms with E-state index in [1.54, 1.807) is 11.8 Å². The van der Waals surface area contributed by atoms with Crippen molar-refractivity contribution in [3.05, 3.63) is 47.5 Å². The Kier molecular flexibility index (Phi) is 3.38. The van der Waals surface area contributed by atoms with Crippen LogP contribution in [0.2, 0.25) is 5.02 Å². The van der Waals surface area contributed by atoms with Crippen molar-refractivity contribution < 1.29 is 0 Å². The fourth-order valence-electron chi connectivity index (χ4n) is 1.91. The van der Waals surface area contributed by atoms with Crippen molar-refractivity contribution in [3.63, 3.8) is 0 Å². The summed E-state index contributed by atoms with van der Waals surface area (Å²) in [5.74, 6) is 0.447. The largest absolute Gasteiger partial charge is 0.383 e. The minimum atomic E-state index is 0.148. The highest BCUT2D eigenvalue weighted by Gasteiger charge is 2.12. The number of hydrogen-bond acceptors (Lipinski definition) is 5. The zero-order chi connectivity index (χ0) is 14.1. The molecular formula is C14H11ClN4S. The van der Waals surface area contributed by atoms with Crippen LogP contribution in [0.25, 0.3) is 10.9 Å². The van der Waals surface area contributed by atoms with Gasteiger partial charge in [0.1, 0.15) is 5.82 Å². The molecule has 1 aromatic heterocycles. The first-order chi connectivity index (χ1) is 9.65. The summed E-state index contributed by atoms with van der Waals surface area (Å²) >= 11 is 8.00. The molecule has 3 rings (SSSR count). The summed E-state index contributed by atoms with van der Waals surface area (Å²) in [4.78, 5) is 10.1. The predicted molar refractivity (Wildman–Crippen MR) is 83.9 cm³/mol. The topological polar surface area (TPSA) is 77.8 Å². The van der Waals surface area contributed by atoms with Crippen molar-refractivity contribution >= 4 is 46.0 Å². The average molecular weight is 303 g/mol. The Bertz CT molecular complexity index is 777. The maximum absolute atomic E-state index is 6.43. The molecule has 0 aliphatic rings. The molecule has 0 spiro atoms. The fraction of sp³-hybridized carbons (Fsp3) is 0. The second-order valence-corrected chi connectivity index (χ2v) is 5.65. The van der Waals surface area contributed by atoms with E-state index in [2.05, 4.69) is 9.97 Å². The van der Waals surface area contributed by atoms with Gasteiger partial charge in [-0.25, -0.2) is 4.98 Å². The first-order valence-corrected chi connectivity index (χ1v) is 7.08. The van der Waals surface area contributed by atoms with Crippen LogP contribution in [0.15, 0.2) is 52.3 Å². The summed E-state index contributed by atoms with van der Waals surface area (Å²) in [7, 11) is 0. The van der Waals surface area contributed by atoms with Gasteiger partial charge in [0.15, 0.2) is 0 Å². The predicted octanol–water partition coefficient (Wildman–Crippen LogP) is 3.60. The van der Waals surface area contributed by atoms with Gasteiger partial charge in [-0.3, -0.25) is 0 Å². The highest BCUT2D eigenvalue weighted by Crippen LogP contribution is 2.38. The van der Waals surface area contributed by atoms with Crippen molar-refractivity contribution in [1.29, 1.82) is 0 Å². The van der Waals surface area contributed by atoms with Crippen LogP contribution in [0.3, 0.4) is 0 Å². The average Bonchev–Trinajstić information content (AvgIpc) is 2.42. The lowest BCUT2D eigenvalue weighted by Crippen LogP contribution is -2.01. The van der Waals surface area contributed by atoms with Crippen molar-refractivity contribution in [2.75, 3.05) is 11.5 Å². The van der Waals surface area contributed by atoms with E-state index in [9.17, 15) is 0 Å². The molecule has 0 fully saturated rings. The SMILES string of the molecule is Nc1nc(N)c2c(Cl)c(Sc3ccccc3)ccc2n1. The normalized spacial score (nSPS) is 10.8. The molecule has 0 unspecified atom stereocenters. The molecule has 4 N–H and O–H groups in total. The van der Waals surface area contributed by atoms with Crippen molar-refractivity contribution in [2.45, 2.75) is 9.79 Å². The summed E-state index contributed by atoms with van der Waals surface area (Å²) in [6.45, 7) is 0. The number of aromatic nitrogens is 2. The van der Waals surface area contributed by atoms with Crippen LogP contribution in [0.1, 0.15) is 0 Å². The maximum atomic E-state index is 6.43. The number of rotatable bonds is 2. The number of nitrogens with two attached hydrogens (primary N) is 2. The van der Waals surface area contributed by atoms with E-state index in [-0.39, 0.29) is 5.95 Å². The molecule has 0 saturated carbocycles. The standard InChI is InChI=1S/C14H11ClN4S/c15-12-10(20-8-4-2-1-3-5-8)7-6-9-11(12)13(16)19-14(17)18-9/h1-7H,(H4,16,17,18,19). The number of halogens is 1. The molecule has 20 heavy (non-hydrogen) atoms. The second kappa shape index (κ2) is 5.19. The zero-order valence-corrected chi connectivity index (χ0v) is 11.9. The Morgan fingerprint density at radius 3 is 2.45 bits per heavy atom. The molecule has 1 heterocycles. The Morgan fingerprint density at radius 2 is 1.70 bits per heavy atom. The van der Waals surface area contributed by atoms with E-state index in [0.717, 1.165) is 9.79 Å². The van der Waals surface area contributed by atoms with Crippen molar-refractivity contribution in [2.24, 2.45) is 0 Å². The molecule has 4 nitrogen and oxygen atoms in total. The van der Waals surface area contributed by atoms with Crippen molar-refractivity contribution in [3.8, 4) is 0 Å². The van der Waals surface area contributed by atoms with Crippen LogP contribution < -0.4 is 11.5 Å². The van der Waals surface area contributed by atoms with Crippen LogP contribution in [-0.2, 0) is 0 Å². The van der Waals surface area contributed by atoms with Gasteiger partial charge in [-0.15, -0.1) is 0 Å². The highest BCUT2D eigenvalue weighted by molar-refractivity contribution is 7.99. The summed E-state index contributed by atoms with van der Waals surface area (Å²) in [5, 5.41) is 1.19. The van der Waals surface area contributed by atoms with Gasteiger partial charge in [0, 0.05) is 9.79 Å². The highest BCUT2D eigenvalue weighted by atomic mass is 35.5. The summed E-state index contributed by atoms with van der Waals surface area (Å²) < 4.78 is 0. The first-order valence-electron chi connectivity index (χ1n) is 5.89. The quantitative estimate of drug-likeness (QED) is 0.756. The van der Waals surface area contributed by atoms with Gasteiger partial charge < -0.3 is 11.5 Å². The molecule has 6 heteroatoms. The van der Waals surface area contributed by atoms with Crippen LogP contribution in [-0.4, -0.2) is 9.97 Å². The van der Waals surface area contributed by atoms with E-state index in [4.69, 9.17) is 23.1 Å². The number of anilines is 2. The number of nitrogens with zero attached hydrogens (tertiary/aromatic N) is 2. The van der Waals surface area contributed by atoms with Crippen LogP contribution in [0.5, 0.6) is 0 Å². The molecule has 0 aliphatic heterocycles. The molecule has 0 bridgehead atoms. The lowest BCUT2D eigenvalue weighted by molar-refractivity contribution is 1.24. The van der Waals surface area contributed by atoms with Crippen LogP contribution >= 0.6 is 23.4 Å². The Labute approximate surface area is 125 Å². The van der Waals surface area contributed by atoms with E-state index in [0.29, 0.717) is 21.7 Å². The smallest absolute Gasteiger partial charge is 0.222 e. The molecule has 0 amide bonds. The summed E-state index contributed by atoms with van der Waals surface area (Å²) in [6, 6.07) is 13.7. The van der Waals surface area contributed by atoms with Crippen molar-refractivity contribution in [1.82, 2.24) is 9.97 Å². The summed E-state index contributed by atoms with van der Waals surface area (Å²) in [5.41, 5.74) is 12.1. The number of benzene rings is 2. The molecule has 0 aliphatic carbocycles. The lowest BCUT2D eigenvalue weighted by Gasteiger charge is -2.09. The Balaban J connectivity index is 2.12. The summed E-state index contributed by atoms with van der Waals surface area (Å²) in [6.07, 6.45) is 0. The minimum Gasteiger partial charge on any atom is -0.383 e. The number of nitrogen functional groups attached to an aromatic ring is 2. The fourth-order valence-corrected chi connectivity index (χ4v) is 3.15. The lowest BCUT2D eigenvalue weighted by atomic mass is 10.2. The van der Waals surface area contributed by atoms with Gasteiger partial charge in [-0.2, -0.15) is 4.98 Å². The number of fused-ring (bicyclic) bond motifs is 1. The number of hydrogen-bond donors (Lipinski definition) is 2. The van der Waals surface area contributed by atoms with E-state index < -0.39 is 0 Å². The van der Waals surface area contributed by atoms with Gasteiger partial charge >= 0.3 is 0 Å². The molecule has 0 saturated heterocycles. The molecule has 3 aromatic rings. The van der Waals surface area contributed by atoms with Gasteiger partial charge in [0.2, 0.25) is 5.95 Å². The third-order valence-electron chi connectivity index (χ3n) is 2.78. The Morgan fingerprint density at radius 1 is 0.950 bits per heavy atom. The minimum absolute atomic E-state index is 0.148. The molecule has 100 valence electrons. The molecule has 0 atom stereocenters. The second-order valence-electron chi connectivity index (χ2n) is 4.15. The van der Waals surface area contributed by atoms with Crippen LogP contribution in [0, 0.1) is 0 Å². The molecular weight excluding hydrogens is 292 g/mol. The Hall–Kier alpha value is -1.98. The van der Waals surface area contributed by atoms with Gasteiger partial charge in [-0.05, 0) is 24.3 Å². The maximum Gasteiger partial charge on any atom is 0.222 e. The molecule has 0 radical (unpaired) electrons. The van der Waals surface area contributed by atoms with E-state index in [1.807, 2.05) is 42.5 Å². The van der Waals surface area contributed by atoms with Crippen LogP contribution in [0.4, 0.5) is 11.8 Å². The third-order valence-corrected chi connectivity index (χ3v) is 4.35. The first kappa shape index (κ1) is 13.0. The zero-order valence-electron chi connectivity index (χ0n) is 10.4. The molecule has 2 aromatic carbocycles. The van der Waals surface area contributed by atoms with Gasteiger partial charge in [0.25, 0.3) is 0 Å². The van der Waals surface area contributed by atoms with Gasteiger partial charge in [-0.1, -0.05) is 41.6 Å². The third kappa shape index (κ3) is 2.37. The van der Waals surface area contributed by atoms with Gasteiger partial charge in [0.05, 0.1) is 15.9 Å². The monoisotopic (exact) mass is 302 g/mol. The van der Waals surface area contributed by atoms with E-state index in [1.165, 1.54) is 0 Å². The van der Waals surface area contributed by atoms with E-state index >= 15 is 0 Å².